The molecule has 1 aromatic rings. The third-order valence-corrected chi connectivity index (χ3v) is 5.07. The first kappa shape index (κ1) is 17.2. The van der Waals surface area contributed by atoms with Gasteiger partial charge < -0.3 is 10.6 Å². The molecular weight excluding hydrogens is 302 g/mol. The summed E-state index contributed by atoms with van der Waals surface area (Å²) in [6.07, 6.45) is 9.50. The van der Waals surface area contributed by atoms with E-state index in [0.717, 1.165) is 51.6 Å². The number of nitrogens with zero attached hydrogens (tertiary/aromatic N) is 4. The maximum Gasteiger partial charge on any atom is 0.227 e. The fourth-order valence-electron chi connectivity index (χ4n) is 3.76. The van der Waals surface area contributed by atoms with E-state index in [1.165, 1.54) is 0 Å². The van der Waals surface area contributed by atoms with E-state index < -0.39 is 0 Å². The molecule has 7 heteroatoms. The summed E-state index contributed by atoms with van der Waals surface area (Å²) in [4.78, 5) is 18.9. The molecule has 124 valence electrons. The van der Waals surface area contributed by atoms with Crippen LogP contribution in [0.25, 0.3) is 0 Å². The van der Waals surface area contributed by atoms with Crippen molar-refractivity contribution in [1.29, 1.82) is 0 Å². The molecule has 1 amide bonds. The fourth-order valence-corrected chi connectivity index (χ4v) is 3.76. The molecule has 0 bridgehead atoms. The topological polar surface area (TPSA) is 77.0 Å². The fraction of sp³-hybridized carbons (Fsp3) is 0.800. The van der Waals surface area contributed by atoms with Crippen LogP contribution in [0.3, 0.4) is 0 Å². The van der Waals surface area contributed by atoms with Crippen LogP contribution in [0.4, 0.5) is 0 Å². The summed E-state index contributed by atoms with van der Waals surface area (Å²) < 4.78 is 1.88. The van der Waals surface area contributed by atoms with Crippen molar-refractivity contribution in [3.63, 3.8) is 0 Å². The van der Waals surface area contributed by atoms with Crippen molar-refractivity contribution in [3.8, 4) is 0 Å². The lowest BCUT2D eigenvalue weighted by Gasteiger charge is -2.42. The minimum Gasteiger partial charge on any atom is -0.340 e. The number of amides is 1. The van der Waals surface area contributed by atoms with Gasteiger partial charge in [0.1, 0.15) is 12.7 Å². The Morgan fingerprint density at radius 1 is 1.32 bits per heavy atom. The molecule has 3 atom stereocenters. The first-order valence-corrected chi connectivity index (χ1v) is 8.00. The van der Waals surface area contributed by atoms with Crippen molar-refractivity contribution in [2.24, 2.45) is 11.7 Å². The van der Waals surface area contributed by atoms with Crippen molar-refractivity contribution in [3.05, 3.63) is 12.7 Å². The zero-order valence-electron chi connectivity index (χ0n) is 13.1. The van der Waals surface area contributed by atoms with Gasteiger partial charge in [0.25, 0.3) is 0 Å². The molecule has 1 aromatic heterocycles. The highest BCUT2D eigenvalue weighted by Gasteiger charge is 2.40. The van der Waals surface area contributed by atoms with Gasteiger partial charge in [-0.1, -0.05) is 12.8 Å². The third-order valence-electron chi connectivity index (χ3n) is 5.07. The van der Waals surface area contributed by atoms with E-state index in [1.807, 2.05) is 16.5 Å². The van der Waals surface area contributed by atoms with Gasteiger partial charge in [0, 0.05) is 18.6 Å². The number of aromatic nitrogens is 3. The minimum absolute atomic E-state index is 0. The highest BCUT2D eigenvalue weighted by Crippen LogP contribution is 2.34. The molecule has 1 aliphatic heterocycles. The van der Waals surface area contributed by atoms with E-state index in [4.69, 9.17) is 5.73 Å². The molecule has 1 saturated heterocycles. The zero-order chi connectivity index (χ0) is 14.9. The Morgan fingerprint density at radius 3 is 2.82 bits per heavy atom. The van der Waals surface area contributed by atoms with Crippen LogP contribution in [-0.4, -0.2) is 44.2 Å². The van der Waals surface area contributed by atoms with Crippen LogP contribution >= 0.6 is 12.4 Å². The smallest absolute Gasteiger partial charge is 0.227 e. The Bertz CT molecular complexity index is 490. The first-order chi connectivity index (χ1) is 10.1. The Kier molecular flexibility index (Phi) is 5.45. The first-order valence-electron chi connectivity index (χ1n) is 8.00. The van der Waals surface area contributed by atoms with Gasteiger partial charge in [-0.15, -0.1) is 12.4 Å². The summed E-state index contributed by atoms with van der Waals surface area (Å²) in [7, 11) is 0. The quantitative estimate of drug-likeness (QED) is 0.898. The number of hydrogen-bond acceptors (Lipinski definition) is 4. The predicted octanol–water partition coefficient (Wildman–Crippen LogP) is 1.77. The van der Waals surface area contributed by atoms with Gasteiger partial charge in [-0.2, -0.15) is 5.10 Å². The normalized spacial score (nSPS) is 32.4. The summed E-state index contributed by atoms with van der Waals surface area (Å²) in [5.74, 6) is 0.213. The molecule has 0 spiro atoms. The molecule has 1 saturated carbocycles. The Balaban J connectivity index is 0.00000176. The number of piperidine rings is 1. The van der Waals surface area contributed by atoms with E-state index in [1.54, 1.807) is 12.7 Å². The largest absolute Gasteiger partial charge is 0.340 e. The van der Waals surface area contributed by atoms with Crippen LogP contribution in [0.2, 0.25) is 0 Å². The summed E-state index contributed by atoms with van der Waals surface area (Å²) in [6.45, 7) is 3.61. The maximum atomic E-state index is 12.9. The standard InChI is InChI=1S/C15H25N5O.ClH/c1-15(16)7-3-2-6-13(15)14(21)19-8-4-5-12(9-19)20-11-17-10-18-20;/h10-13H,2-9,16H2,1H3;1H. The molecular formula is C15H26ClN5O. The second-order valence-electron chi connectivity index (χ2n) is 6.76. The molecule has 22 heavy (non-hydrogen) atoms. The van der Waals surface area contributed by atoms with Crippen LogP contribution in [0, 0.1) is 5.92 Å². The van der Waals surface area contributed by atoms with E-state index in [-0.39, 0.29) is 35.8 Å². The second-order valence-corrected chi connectivity index (χ2v) is 6.76. The van der Waals surface area contributed by atoms with Gasteiger partial charge in [-0.05, 0) is 32.6 Å². The van der Waals surface area contributed by atoms with Crippen molar-refractivity contribution >= 4 is 18.3 Å². The lowest BCUT2D eigenvalue weighted by atomic mass is 9.74. The van der Waals surface area contributed by atoms with Crippen molar-refractivity contribution in [2.45, 2.75) is 57.0 Å². The third kappa shape index (κ3) is 3.43. The summed E-state index contributed by atoms with van der Waals surface area (Å²) in [6, 6.07) is 0.248. The van der Waals surface area contributed by atoms with Crippen LogP contribution in [0.15, 0.2) is 12.7 Å². The molecule has 2 heterocycles. The van der Waals surface area contributed by atoms with Gasteiger partial charge in [-0.3, -0.25) is 4.79 Å². The van der Waals surface area contributed by atoms with E-state index >= 15 is 0 Å². The second kappa shape index (κ2) is 6.96. The molecule has 2 aliphatic rings. The summed E-state index contributed by atoms with van der Waals surface area (Å²) >= 11 is 0. The molecule has 3 unspecified atom stereocenters. The average Bonchev–Trinajstić information content (AvgIpc) is 3.00. The number of nitrogens with two attached hydrogens (primary N) is 1. The van der Waals surface area contributed by atoms with Crippen LogP contribution in [0.5, 0.6) is 0 Å². The SMILES string of the molecule is CC1(N)CCCCC1C(=O)N1CCCC(n2cncn2)C1.Cl. The maximum absolute atomic E-state index is 12.9. The number of carbonyl (C=O) groups excluding carboxylic acids is 1. The summed E-state index contributed by atoms with van der Waals surface area (Å²) in [5.41, 5.74) is 6.03. The van der Waals surface area contributed by atoms with Crippen LogP contribution < -0.4 is 5.73 Å². The van der Waals surface area contributed by atoms with E-state index in [0.29, 0.717) is 0 Å². The zero-order valence-corrected chi connectivity index (χ0v) is 14.0. The predicted molar refractivity (Wildman–Crippen MR) is 86.7 cm³/mol. The van der Waals surface area contributed by atoms with Gasteiger partial charge in [0.15, 0.2) is 0 Å². The Labute approximate surface area is 137 Å². The monoisotopic (exact) mass is 327 g/mol. The Hall–Kier alpha value is -1.14. The average molecular weight is 328 g/mol. The van der Waals surface area contributed by atoms with Crippen molar-refractivity contribution in [1.82, 2.24) is 19.7 Å². The van der Waals surface area contributed by atoms with Gasteiger partial charge in [-0.25, -0.2) is 9.67 Å². The lowest BCUT2D eigenvalue weighted by Crippen LogP contribution is -2.55. The number of halogens is 1. The Morgan fingerprint density at radius 2 is 2.14 bits per heavy atom. The highest BCUT2D eigenvalue weighted by atomic mass is 35.5. The van der Waals surface area contributed by atoms with Gasteiger partial charge in [0.05, 0.1) is 12.0 Å². The molecule has 3 rings (SSSR count). The number of rotatable bonds is 2. The lowest BCUT2D eigenvalue weighted by molar-refractivity contribution is -0.140. The molecule has 6 nitrogen and oxygen atoms in total. The van der Waals surface area contributed by atoms with Crippen molar-refractivity contribution < 1.29 is 4.79 Å². The molecule has 1 aliphatic carbocycles. The van der Waals surface area contributed by atoms with E-state index in [2.05, 4.69) is 10.1 Å². The van der Waals surface area contributed by atoms with Crippen molar-refractivity contribution in [2.75, 3.05) is 13.1 Å². The van der Waals surface area contributed by atoms with Crippen LogP contribution in [-0.2, 0) is 4.79 Å². The summed E-state index contributed by atoms with van der Waals surface area (Å²) in [5, 5.41) is 4.22. The molecule has 2 N–H and O–H groups in total. The molecule has 0 radical (unpaired) electrons. The van der Waals surface area contributed by atoms with Crippen LogP contribution in [0.1, 0.15) is 51.5 Å². The number of carbonyl (C=O) groups is 1. The number of hydrogen-bond donors (Lipinski definition) is 1. The minimum atomic E-state index is -0.352. The van der Waals surface area contributed by atoms with Gasteiger partial charge >= 0.3 is 0 Å². The van der Waals surface area contributed by atoms with E-state index in [9.17, 15) is 4.79 Å². The molecule has 2 fully saturated rings. The van der Waals surface area contributed by atoms with Gasteiger partial charge in [0.2, 0.25) is 5.91 Å². The number of likely N-dealkylation sites (tertiary alicyclic amines) is 1. The highest BCUT2D eigenvalue weighted by molar-refractivity contribution is 5.85. The molecule has 0 aromatic carbocycles.